The van der Waals surface area contributed by atoms with Gasteiger partial charge >= 0.3 is 0 Å². The molecule has 1 aliphatic heterocycles. The summed E-state index contributed by atoms with van der Waals surface area (Å²) in [6.45, 7) is 1.60. The van der Waals surface area contributed by atoms with Gasteiger partial charge in [0.05, 0.1) is 16.5 Å². The van der Waals surface area contributed by atoms with Gasteiger partial charge in [0.1, 0.15) is 4.32 Å². The minimum Gasteiger partial charge on any atom is -0.493 e. The topological polar surface area (TPSA) is 101 Å². The number of benzene rings is 1. The Hall–Kier alpha value is -2.11. The van der Waals surface area contributed by atoms with Crippen LogP contribution in [0.2, 0.25) is 0 Å². The van der Waals surface area contributed by atoms with Crippen molar-refractivity contribution in [3.05, 3.63) is 43.7 Å². The third-order valence-corrected chi connectivity index (χ3v) is 5.19. The second-order valence-corrected chi connectivity index (χ2v) is 7.71. The van der Waals surface area contributed by atoms with Gasteiger partial charge in [0.15, 0.2) is 18.1 Å². The molecule has 0 bridgehead atoms. The van der Waals surface area contributed by atoms with Crippen molar-refractivity contribution in [3.8, 4) is 11.5 Å². The zero-order chi connectivity index (χ0) is 18.8. The highest BCUT2D eigenvalue weighted by molar-refractivity contribution is 9.10. The summed E-state index contributed by atoms with van der Waals surface area (Å²) in [5, 5.41) is 17.6. The van der Waals surface area contributed by atoms with Crippen LogP contribution in [-0.4, -0.2) is 22.5 Å². The van der Waals surface area contributed by atoms with Crippen molar-refractivity contribution in [2.24, 2.45) is 0 Å². The molecule has 136 valence electrons. The third-order valence-electron chi connectivity index (χ3n) is 3.43. The maximum atomic E-state index is 11.8. The van der Waals surface area contributed by atoms with Crippen LogP contribution in [-0.2, 0) is 11.4 Å². The molecule has 0 radical (unpaired) electrons. The van der Waals surface area contributed by atoms with E-state index in [2.05, 4.69) is 31.0 Å². The van der Waals surface area contributed by atoms with E-state index in [9.17, 15) is 10.0 Å². The summed E-state index contributed by atoms with van der Waals surface area (Å²) in [5.74, 6) is 0.608. The lowest BCUT2D eigenvalue weighted by atomic mass is 10.2. The Balaban J connectivity index is 1.87. The summed E-state index contributed by atoms with van der Waals surface area (Å²) in [6, 6.07) is 3.49. The summed E-state index contributed by atoms with van der Waals surface area (Å²) >= 11 is 9.59. The summed E-state index contributed by atoms with van der Waals surface area (Å²) < 4.78 is 16.6. The predicted molar refractivity (Wildman–Crippen MR) is 102 cm³/mol. The molecular formula is C15H12BrN3O5S2. The Morgan fingerprint density at radius 2 is 2.31 bits per heavy atom. The predicted octanol–water partition coefficient (Wildman–Crippen LogP) is 2.46. The molecule has 1 amide bonds. The first-order chi connectivity index (χ1) is 12.4. The number of hydrogen-bond acceptors (Lipinski definition) is 8. The van der Waals surface area contributed by atoms with Crippen LogP contribution in [0.4, 0.5) is 0 Å². The van der Waals surface area contributed by atoms with Gasteiger partial charge in [-0.15, -0.1) is 0 Å². The average molecular weight is 458 g/mol. The van der Waals surface area contributed by atoms with Crippen molar-refractivity contribution < 1.29 is 23.8 Å². The molecule has 1 aromatic heterocycles. The lowest BCUT2D eigenvalue weighted by Gasteiger charge is -2.13. The molecule has 1 aliphatic rings. The molecule has 3 rings (SSSR count). The molecule has 1 saturated heterocycles. The molecule has 1 N–H and O–H groups in total. The van der Waals surface area contributed by atoms with E-state index >= 15 is 0 Å². The summed E-state index contributed by atoms with van der Waals surface area (Å²) in [6.07, 6.45) is 1.70. The van der Waals surface area contributed by atoms with E-state index in [1.54, 1.807) is 25.1 Å². The molecule has 0 unspecified atom stereocenters. The second kappa shape index (κ2) is 7.64. The number of aryl methyl sites for hydroxylation is 1. The van der Waals surface area contributed by atoms with E-state index in [0.29, 0.717) is 35.8 Å². The fourth-order valence-electron chi connectivity index (χ4n) is 2.17. The number of carbonyl (C=O) groups excluding carboxylic acids is 1. The molecule has 0 atom stereocenters. The Labute approximate surface area is 166 Å². The number of nitrogens with one attached hydrogen (secondary N) is 1. The zero-order valence-corrected chi connectivity index (χ0v) is 16.8. The van der Waals surface area contributed by atoms with E-state index in [0.717, 1.165) is 5.56 Å². The molecule has 0 aliphatic carbocycles. The molecule has 1 aromatic carbocycles. The molecule has 0 saturated carbocycles. The fourth-order valence-corrected chi connectivity index (χ4v) is 3.78. The number of ether oxygens (including phenoxy) is 2. The van der Waals surface area contributed by atoms with Crippen molar-refractivity contribution in [3.63, 3.8) is 0 Å². The van der Waals surface area contributed by atoms with Gasteiger partial charge in [-0.05, 0) is 44.6 Å². The maximum Gasteiger partial charge on any atom is 0.263 e. The van der Waals surface area contributed by atoms with E-state index < -0.39 is 0 Å². The van der Waals surface area contributed by atoms with Gasteiger partial charge in [-0.1, -0.05) is 24.0 Å². The first-order valence-electron chi connectivity index (χ1n) is 7.19. The van der Waals surface area contributed by atoms with Gasteiger partial charge in [0.25, 0.3) is 5.91 Å². The normalized spacial score (nSPS) is 15.4. The van der Waals surface area contributed by atoms with Crippen LogP contribution in [0.1, 0.15) is 17.0 Å². The van der Waals surface area contributed by atoms with Crippen LogP contribution in [0, 0.1) is 12.1 Å². The molecule has 2 aromatic rings. The van der Waals surface area contributed by atoms with Crippen molar-refractivity contribution in [1.29, 1.82) is 0 Å². The highest BCUT2D eigenvalue weighted by Crippen LogP contribution is 2.38. The molecular weight excluding hydrogens is 446 g/mol. The first-order valence-corrected chi connectivity index (χ1v) is 9.21. The van der Waals surface area contributed by atoms with Gasteiger partial charge in [-0.25, -0.2) is 0 Å². The summed E-state index contributed by atoms with van der Waals surface area (Å²) in [4.78, 5) is 12.6. The monoisotopic (exact) mass is 457 g/mol. The summed E-state index contributed by atoms with van der Waals surface area (Å²) in [7, 11) is 1.50. The van der Waals surface area contributed by atoms with Crippen molar-refractivity contribution >= 4 is 56.2 Å². The lowest BCUT2D eigenvalue weighted by Crippen LogP contribution is -2.29. The smallest absolute Gasteiger partial charge is 0.263 e. The number of halogens is 1. The number of rotatable bonds is 5. The summed E-state index contributed by atoms with van der Waals surface area (Å²) in [5.41, 5.74) is 1.43. The number of hydrogen-bond donors (Lipinski definition) is 1. The SMILES string of the molecule is COc1cc(/C=C2\SC(=S)NC2=O)cc(Br)c1OCc1c(C)no[n+]1[O-]. The van der Waals surface area contributed by atoms with Crippen LogP contribution in [0.25, 0.3) is 6.08 Å². The van der Waals surface area contributed by atoms with E-state index in [1.807, 2.05) is 0 Å². The van der Waals surface area contributed by atoms with Crippen LogP contribution in [0.15, 0.2) is 26.1 Å². The minimum atomic E-state index is -0.238. The Kier molecular flexibility index (Phi) is 5.49. The quantitative estimate of drug-likeness (QED) is 0.415. The molecule has 11 heteroatoms. The first kappa shape index (κ1) is 18.7. The molecule has 1 fully saturated rings. The number of aromatic nitrogens is 2. The number of methoxy groups -OCH3 is 1. The van der Waals surface area contributed by atoms with Crippen LogP contribution in [0.5, 0.6) is 11.5 Å². The minimum absolute atomic E-state index is 0.0409. The van der Waals surface area contributed by atoms with Crippen LogP contribution >= 0.6 is 39.9 Å². The Bertz CT molecular complexity index is 909. The lowest BCUT2D eigenvalue weighted by molar-refractivity contribution is -0.808. The number of thiocarbonyl (C=S) groups is 1. The number of carbonyl (C=O) groups is 1. The average Bonchev–Trinajstić information content (AvgIpc) is 3.07. The van der Waals surface area contributed by atoms with Crippen LogP contribution < -0.4 is 19.7 Å². The van der Waals surface area contributed by atoms with Gasteiger partial charge < -0.3 is 20.0 Å². The van der Waals surface area contributed by atoms with E-state index in [1.165, 1.54) is 18.9 Å². The van der Waals surface area contributed by atoms with E-state index in [-0.39, 0.29) is 18.2 Å². The van der Waals surface area contributed by atoms with Gasteiger partial charge in [0.2, 0.25) is 11.4 Å². The zero-order valence-electron chi connectivity index (χ0n) is 13.6. The highest BCUT2D eigenvalue weighted by atomic mass is 79.9. The molecule has 26 heavy (non-hydrogen) atoms. The number of amides is 1. The van der Waals surface area contributed by atoms with Crippen molar-refractivity contribution in [2.45, 2.75) is 13.5 Å². The standard InChI is InChI=1S/C15H12BrN3O5S2/c1-7-10(19(21)24-18-7)6-23-13-9(16)3-8(4-11(13)22-2)5-12-14(20)17-15(25)26-12/h3-5H,6H2,1-2H3,(H,17,20,25)/b12-5-. The highest BCUT2D eigenvalue weighted by Gasteiger charge is 2.23. The van der Waals surface area contributed by atoms with Crippen molar-refractivity contribution in [1.82, 2.24) is 10.5 Å². The largest absolute Gasteiger partial charge is 0.493 e. The Morgan fingerprint density at radius 1 is 1.54 bits per heavy atom. The molecule has 2 heterocycles. The number of thioether (sulfide) groups is 1. The Morgan fingerprint density at radius 3 is 2.88 bits per heavy atom. The fraction of sp³-hybridized carbons (Fsp3) is 0.200. The molecule has 0 spiro atoms. The van der Waals surface area contributed by atoms with Crippen LogP contribution in [0.3, 0.4) is 0 Å². The van der Waals surface area contributed by atoms with Gasteiger partial charge in [0, 0.05) is 12.1 Å². The van der Waals surface area contributed by atoms with Gasteiger partial charge in [-0.2, -0.15) is 0 Å². The second-order valence-electron chi connectivity index (χ2n) is 5.14. The molecule has 8 nitrogen and oxygen atoms in total. The maximum absolute atomic E-state index is 11.8. The van der Waals surface area contributed by atoms with Crippen molar-refractivity contribution in [2.75, 3.05) is 7.11 Å². The third kappa shape index (κ3) is 3.84. The van der Waals surface area contributed by atoms with Gasteiger partial charge in [-0.3, -0.25) is 9.42 Å². The van der Waals surface area contributed by atoms with E-state index in [4.69, 9.17) is 21.7 Å². The number of nitrogens with zero attached hydrogens (tertiary/aromatic N) is 2.